The smallest absolute Gasteiger partial charge is 0.257 e. The highest BCUT2D eigenvalue weighted by Gasteiger charge is 2.24. The molecule has 1 atom stereocenters. The molecule has 1 heterocycles. The summed E-state index contributed by atoms with van der Waals surface area (Å²) in [6, 6.07) is 7.66. The molecule has 0 aliphatic rings. The topological polar surface area (TPSA) is 59.3 Å². The van der Waals surface area contributed by atoms with Crippen molar-refractivity contribution in [1.29, 1.82) is 0 Å². The average Bonchev–Trinajstić information content (AvgIpc) is 2.58. The number of carbonyl (C=O) groups is 2. The Morgan fingerprint density at radius 1 is 1.36 bits per heavy atom. The second kappa shape index (κ2) is 10.5. The van der Waals surface area contributed by atoms with E-state index in [1.54, 1.807) is 54.4 Å². The highest BCUT2D eigenvalue weighted by Crippen LogP contribution is 2.25. The number of benzene rings is 1. The van der Waals surface area contributed by atoms with Gasteiger partial charge in [-0.2, -0.15) is 4.57 Å². The van der Waals surface area contributed by atoms with Crippen LogP contribution in [0.5, 0.6) is 0 Å². The standard InChI is InChI=1S/C17H16Cl2N2O3.BrH/c1-24-8-6-20-17(23)12-3-2-7-21(10-12)16(11-22)14-5-4-13(18)9-15(14)19;/h2-5,7,9-11,16H,6,8H2,1H3;1H. The molecule has 1 aromatic carbocycles. The molecule has 0 bridgehead atoms. The number of halogens is 3. The summed E-state index contributed by atoms with van der Waals surface area (Å²) >= 11 is 12.1. The van der Waals surface area contributed by atoms with Gasteiger partial charge in [0.25, 0.3) is 5.91 Å². The van der Waals surface area contributed by atoms with Gasteiger partial charge in [-0.25, -0.2) is 0 Å². The Kier molecular flexibility index (Phi) is 9.06. The Morgan fingerprint density at radius 3 is 2.76 bits per heavy atom. The zero-order valence-corrected chi connectivity index (χ0v) is 16.5. The van der Waals surface area contributed by atoms with Crippen LogP contribution < -0.4 is 26.9 Å². The lowest BCUT2D eigenvalue weighted by Crippen LogP contribution is -3.00. The maximum Gasteiger partial charge on any atom is 0.257 e. The number of aldehydes is 1. The molecule has 0 saturated carbocycles. The summed E-state index contributed by atoms with van der Waals surface area (Å²) in [5.41, 5.74) is 1.04. The second-order valence-corrected chi connectivity index (χ2v) is 5.88. The maximum absolute atomic E-state index is 12.1. The molecule has 2 rings (SSSR count). The molecule has 0 radical (unpaired) electrons. The number of nitrogens with one attached hydrogen (secondary N) is 1. The van der Waals surface area contributed by atoms with Crippen LogP contribution in [0, 0.1) is 0 Å². The molecule has 0 saturated heterocycles. The van der Waals surface area contributed by atoms with Crippen LogP contribution in [-0.2, 0) is 9.53 Å². The van der Waals surface area contributed by atoms with Crippen LogP contribution in [0.25, 0.3) is 0 Å². The molecule has 5 nitrogen and oxygen atoms in total. The molecule has 2 aromatic rings. The first-order valence-corrected chi connectivity index (χ1v) is 8.00. The highest BCUT2D eigenvalue weighted by molar-refractivity contribution is 6.35. The highest BCUT2D eigenvalue weighted by atomic mass is 79.9. The fourth-order valence-electron chi connectivity index (χ4n) is 2.21. The zero-order valence-electron chi connectivity index (χ0n) is 13.4. The van der Waals surface area contributed by atoms with Gasteiger partial charge >= 0.3 is 0 Å². The number of hydrogen-bond acceptors (Lipinski definition) is 3. The molecule has 0 aliphatic carbocycles. The van der Waals surface area contributed by atoms with Gasteiger partial charge in [0, 0.05) is 30.3 Å². The van der Waals surface area contributed by atoms with Crippen molar-refractivity contribution < 1.29 is 35.9 Å². The van der Waals surface area contributed by atoms with Gasteiger partial charge in [0.15, 0.2) is 18.7 Å². The molecular formula is C17H17BrCl2N2O3. The number of methoxy groups -OCH3 is 1. The number of pyridine rings is 1. The monoisotopic (exact) mass is 446 g/mol. The van der Waals surface area contributed by atoms with E-state index in [1.165, 1.54) is 0 Å². The normalized spacial score (nSPS) is 11.3. The first-order valence-electron chi connectivity index (χ1n) is 7.25. The number of hydrogen-bond donors (Lipinski definition) is 1. The predicted molar refractivity (Wildman–Crippen MR) is 91.5 cm³/mol. The van der Waals surface area contributed by atoms with Crippen molar-refractivity contribution in [1.82, 2.24) is 5.32 Å². The summed E-state index contributed by atoms with van der Waals surface area (Å²) in [4.78, 5) is 23.7. The maximum atomic E-state index is 12.1. The summed E-state index contributed by atoms with van der Waals surface area (Å²) in [6.45, 7) is 0.834. The Morgan fingerprint density at radius 2 is 2.12 bits per heavy atom. The first-order chi connectivity index (χ1) is 11.6. The van der Waals surface area contributed by atoms with E-state index in [4.69, 9.17) is 27.9 Å². The molecular weight excluding hydrogens is 431 g/mol. The molecule has 1 aromatic heterocycles. The van der Waals surface area contributed by atoms with Gasteiger partial charge < -0.3 is 27.0 Å². The number of rotatable bonds is 7. The molecule has 134 valence electrons. The van der Waals surface area contributed by atoms with E-state index in [1.807, 2.05) is 0 Å². The van der Waals surface area contributed by atoms with Crippen LogP contribution in [0.4, 0.5) is 0 Å². The van der Waals surface area contributed by atoms with Crippen LogP contribution in [0.3, 0.4) is 0 Å². The third-order valence-corrected chi connectivity index (χ3v) is 3.97. The van der Waals surface area contributed by atoms with Crippen LogP contribution in [-0.4, -0.2) is 32.5 Å². The predicted octanol–water partition coefficient (Wildman–Crippen LogP) is -0.551. The number of aromatic nitrogens is 1. The third-order valence-electron chi connectivity index (χ3n) is 3.41. The molecule has 25 heavy (non-hydrogen) atoms. The SMILES string of the molecule is COCCNC(=O)c1ccc[n+](C(C=O)c2ccc(Cl)cc2Cl)c1.[Br-]. The fourth-order valence-corrected chi connectivity index (χ4v) is 2.73. The molecule has 0 aliphatic heterocycles. The minimum atomic E-state index is -0.651. The zero-order chi connectivity index (χ0) is 17.5. The van der Waals surface area contributed by atoms with Crippen molar-refractivity contribution in [2.45, 2.75) is 6.04 Å². The fraction of sp³-hybridized carbons (Fsp3) is 0.235. The number of nitrogens with zero attached hydrogens (tertiary/aromatic N) is 1. The van der Waals surface area contributed by atoms with E-state index < -0.39 is 6.04 Å². The van der Waals surface area contributed by atoms with E-state index in [2.05, 4.69) is 5.32 Å². The minimum absolute atomic E-state index is 0. The lowest BCUT2D eigenvalue weighted by atomic mass is 10.1. The van der Waals surface area contributed by atoms with Crippen molar-refractivity contribution in [2.75, 3.05) is 20.3 Å². The molecule has 0 spiro atoms. The van der Waals surface area contributed by atoms with Gasteiger partial charge in [0.1, 0.15) is 5.56 Å². The van der Waals surface area contributed by atoms with Gasteiger partial charge in [-0.3, -0.25) is 9.59 Å². The first kappa shape index (κ1) is 21.6. The van der Waals surface area contributed by atoms with E-state index in [-0.39, 0.29) is 22.9 Å². The third kappa shape index (κ3) is 5.78. The van der Waals surface area contributed by atoms with Gasteiger partial charge in [-0.05, 0) is 24.3 Å². The summed E-state index contributed by atoms with van der Waals surface area (Å²) in [7, 11) is 1.56. The van der Waals surface area contributed by atoms with Crippen LogP contribution >= 0.6 is 23.2 Å². The van der Waals surface area contributed by atoms with Crippen molar-refractivity contribution in [3.8, 4) is 0 Å². The number of ether oxygens (including phenoxy) is 1. The molecule has 8 heteroatoms. The van der Waals surface area contributed by atoms with Crippen molar-refractivity contribution >= 4 is 35.4 Å². The average molecular weight is 448 g/mol. The van der Waals surface area contributed by atoms with E-state index in [0.29, 0.717) is 34.3 Å². The van der Waals surface area contributed by atoms with Crippen LogP contribution in [0.2, 0.25) is 10.0 Å². The van der Waals surface area contributed by atoms with Crippen LogP contribution in [0.1, 0.15) is 22.0 Å². The summed E-state index contributed by atoms with van der Waals surface area (Å²) in [5, 5.41) is 3.61. The summed E-state index contributed by atoms with van der Waals surface area (Å²) < 4.78 is 6.53. The van der Waals surface area contributed by atoms with Gasteiger partial charge in [-0.1, -0.05) is 23.2 Å². The van der Waals surface area contributed by atoms with E-state index in [0.717, 1.165) is 6.29 Å². The summed E-state index contributed by atoms with van der Waals surface area (Å²) in [6.07, 6.45) is 4.07. The van der Waals surface area contributed by atoms with Crippen molar-refractivity contribution in [3.05, 3.63) is 63.9 Å². The largest absolute Gasteiger partial charge is 1.00 e. The Bertz CT molecular complexity index is 744. The van der Waals surface area contributed by atoms with Gasteiger partial charge in [-0.15, -0.1) is 0 Å². The lowest BCUT2D eigenvalue weighted by molar-refractivity contribution is -0.699. The number of carbonyl (C=O) groups excluding carboxylic acids is 2. The van der Waals surface area contributed by atoms with Crippen LogP contribution in [0.15, 0.2) is 42.7 Å². The Hall–Kier alpha value is -1.47. The van der Waals surface area contributed by atoms with E-state index in [9.17, 15) is 9.59 Å². The second-order valence-electron chi connectivity index (χ2n) is 5.04. The number of amides is 1. The Labute approximate surface area is 166 Å². The quantitative estimate of drug-likeness (QED) is 0.352. The molecule has 1 amide bonds. The molecule has 0 fully saturated rings. The van der Waals surface area contributed by atoms with Gasteiger partial charge in [0.05, 0.1) is 11.6 Å². The van der Waals surface area contributed by atoms with Crippen molar-refractivity contribution in [3.63, 3.8) is 0 Å². The van der Waals surface area contributed by atoms with Gasteiger partial charge in [0.2, 0.25) is 6.04 Å². The lowest BCUT2D eigenvalue weighted by Gasteiger charge is -2.10. The van der Waals surface area contributed by atoms with E-state index >= 15 is 0 Å². The summed E-state index contributed by atoms with van der Waals surface area (Å²) in [5.74, 6) is -0.242. The molecule has 1 unspecified atom stereocenters. The van der Waals surface area contributed by atoms with Crippen molar-refractivity contribution in [2.24, 2.45) is 0 Å². The Balaban J connectivity index is 0.00000312. The molecule has 1 N–H and O–H groups in total. The minimum Gasteiger partial charge on any atom is -1.00 e.